The van der Waals surface area contributed by atoms with Crippen LogP contribution in [0.1, 0.15) is 12.8 Å². The van der Waals surface area contributed by atoms with Crippen LogP contribution in [0.25, 0.3) is 10.6 Å². The van der Waals surface area contributed by atoms with Crippen LogP contribution in [-0.4, -0.2) is 41.4 Å². The molecule has 1 aliphatic heterocycles. The highest BCUT2D eigenvalue weighted by Gasteiger charge is 2.40. The number of sulfonamides is 1. The summed E-state index contributed by atoms with van der Waals surface area (Å²) < 4.78 is 27.1. The van der Waals surface area contributed by atoms with Gasteiger partial charge in [0, 0.05) is 12.6 Å². The molecule has 4 rings (SSSR count). The van der Waals surface area contributed by atoms with Crippen molar-refractivity contribution in [1.82, 2.24) is 14.5 Å². The monoisotopic (exact) mass is 408 g/mol. The lowest BCUT2D eigenvalue weighted by Gasteiger charge is -2.22. The Balaban J connectivity index is 1.51. The minimum absolute atomic E-state index is 0.261. The van der Waals surface area contributed by atoms with Gasteiger partial charge in [0.2, 0.25) is 5.91 Å². The number of nitrogens with zero attached hydrogens (tertiary/aromatic N) is 2. The number of aromatic amines is 1. The number of hydrogen-bond donors (Lipinski definition) is 2. The Hall–Kier alpha value is -2.01. The Labute approximate surface area is 158 Å². The van der Waals surface area contributed by atoms with Gasteiger partial charge in [-0.2, -0.15) is 9.40 Å². The Morgan fingerprint density at radius 2 is 2.08 bits per heavy atom. The molecule has 1 saturated heterocycles. The van der Waals surface area contributed by atoms with Crippen molar-refractivity contribution in [2.24, 2.45) is 0 Å². The molecule has 7 nitrogen and oxygen atoms in total. The zero-order chi connectivity index (χ0) is 18.1. The molecule has 0 radical (unpaired) electrons. The summed E-state index contributed by atoms with van der Waals surface area (Å²) in [4.78, 5) is 13.7. The third-order valence-electron chi connectivity index (χ3n) is 4.18. The van der Waals surface area contributed by atoms with E-state index in [4.69, 9.17) is 0 Å². The first kappa shape index (κ1) is 17.4. The lowest BCUT2D eigenvalue weighted by Crippen LogP contribution is -2.42. The van der Waals surface area contributed by atoms with Crippen LogP contribution < -0.4 is 5.32 Å². The fraction of sp³-hybridized carbons (Fsp3) is 0.250. The van der Waals surface area contributed by atoms with E-state index < -0.39 is 16.1 Å². The van der Waals surface area contributed by atoms with Gasteiger partial charge in [-0.25, -0.2) is 8.42 Å². The predicted octanol–water partition coefficient (Wildman–Crippen LogP) is 2.99. The highest BCUT2D eigenvalue weighted by Crippen LogP contribution is 2.29. The largest absolute Gasteiger partial charge is 0.308 e. The summed E-state index contributed by atoms with van der Waals surface area (Å²) in [5, 5.41) is 13.4. The van der Waals surface area contributed by atoms with E-state index in [9.17, 15) is 13.2 Å². The van der Waals surface area contributed by atoms with Crippen molar-refractivity contribution in [3.05, 3.63) is 41.1 Å². The number of nitrogens with one attached hydrogen (secondary N) is 2. The molecule has 136 valence electrons. The average molecular weight is 409 g/mol. The van der Waals surface area contributed by atoms with Crippen molar-refractivity contribution in [2.75, 3.05) is 11.9 Å². The number of hydrogen-bond acceptors (Lipinski definition) is 6. The first-order valence-corrected chi connectivity index (χ1v) is 11.2. The second-order valence-electron chi connectivity index (χ2n) is 5.84. The van der Waals surface area contributed by atoms with Gasteiger partial charge in [0.15, 0.2) is 5.82 Å². The topological polar surface area (TPSA) is 95.2 Å². The zero-order valence-electron chi connectivity index (χ0n) is 13.6. The van der Waals surface area contributed by atoms with E-state index in [0.717, 1.165) is 21.9 Å². The smallest absolute Gasteiger partial charge is 0.253 e. The Morgan fingerprint density at radius 3 is 2.81 bits per heavy atom. The molecule has 1 aliphatic rings. The van der Waals surface area contributed by atoms with E-state index in [1.165, 1.54) is 4.31 Å². The van der Waals surface area contributed by atoms with Gasteiger partial charge in [0.05, 0.1) is 10.6 Å². The second kappa shape index (κ2) is 6.95. The van der Waals surface area contributed by atoms with E-state index in [1.54, 1.807) is 34.9 Å². The van der Waals surface area contributed by atoms with Gasteiger partial charge in [-0.1, -0.05) is 12.1 Å². The molecule has 1 amide bonds. The molecule has 10 heteroatoms. The van der Waals surface area contributed by atoms with Crippen LogP contribution in [0.4, 0.5) is 5.82 Å². The van der Waals surface area contributed by atoms with Crippen molar-refractivity contribution < 1.29 is 13.2 Å². The number of rotatable bonds is 5. The van der Waals surface area contributed by atoms with Crippen molar-refractivity contribution in [3.8, 4) is 10.6 Å². The molecule has 1 atom stereocenters. The fourth-order valence-corrected chi connectivity index (χ4v) is 6.44. The molecule has 0 bridgehead atoms. The average Bonchev–Trinajstić information content (AvgIpc) is 3.42. The van der Waals surface area contributed by atoms with E-state index in [-0.39, 0.29) is 10.1 Å². The maximum absolute atomic E-state index is 12.8. The standard InChI is InChI=1S/C16H16N4O3S3/c21-16(17-14-10-11(18-19-14)13-5-2-8-24-13)12-4-1-7-20(12)26(22,23)15-6-3-9-25-15/h2-3,5-6,8-10,12H,1,4,7H2,(H2,17,18,19,21). The van der Waals surface area contributed by atoms with Gasteiger partial charge >= 0.3 is 0 Å². The summed E-state index contributed by atoms with van der Waals surface area (Å²) in [5.74, 6) is 0.0330. The van der Waals surface area contributed by atoms with Gasteiger partial charge < -0.3 is 5.32 Å². The van der Waals surface area contributed by atoms with Crippen molar-refractivity contribution in [3.63, 3.8) is 0 Å². The predicted molar refractivity (Wildman–Crippen MR) is 102 cm³/mol. The number of anilines is 1. The number of carbonyl (C=O) groups is 1. The molecule has 0 spiro atoms. The fourth-order valence-electron chi connectivity index (χ4n) is 2.97. The van der Waals surface area contributed by atoms with Gasteiger partial charge in [-0.15, -0.1) is 22.7 Å². The summed E-state index contributed by atoms with van der Waals surface area (Å²) in [6.45, 7) is 0.347. The van der Waals surface area contributed by atoms with Crippen LogP contribution in [0.5, 0.6) is 0 Å². The highest BCUT2D eigenvalue weighted by molar-refractivity contribution is 7.91. The van der Waals surface area contributed by atoms with E-state index in [0.29, 0.717) is 25.2 Å². The van der Waals surface area contributed by atoms with Crippen LogP contribution >= 0.6 is 22.7 Å². The van der Waals surface area contributed by atoms with Crippen LogP contribution in [-0.2, 0) is 14.8 Å². The highest BCUT2D eigenvalue weighted by atomic mass is 32.2. The molecule has 1 fully saturated rings. The van der Waals surface area contributed by atoms with Crippen LogP contribution in [0.2, 0.25) is 0 Å². The zero-order valence-corrected chi connectivity index (χ0v) is 16.0. The molecule has 3 aromatic rings. The molecular weight excluding hydrogens is 392 g/mol. The van der Waals surface area contributed by atoms with Gasteiger partial charge in [0.25, 0.3) is 10.0 Å². The summed E-state index contributed by atoms with van der Waals surface area (Å²) in [6.07, 6.45) is 1.16. The lowest BCUT2D eigenvalue weighted by molar-refractivity contribution is -0.119. The van der Waals surface area contributed by atoms with Crippen LogP contribution in [0, 0.1) is 0 Å². The summed E-state index contributed by atoms with van der Waals surface area (Å²) in [6, 6.07) is 8.17. The number of carbonyl (C=O) groups excluding carboxylic acids is 1. The first-order valence-electron chi connectivity index (χ1n) is 8.01. The van der Waals surface area contributed by atoms with Crippen molar-refractivity contribution in [1.29, 1.82) is 0 Å². The lowest BCUT2D eigenvalue weighted by atomic mass is 10.2. The van der Waals surface area contributed by atoms with Crippen molar-refractivity contribution in [2.45, 2.75) is 23.1 Å². The van der Waals surface area contributed by atoms with Crippen molar-refractivity contribution >= 4 is 44.4 Å². The van der Waals surface area contributed by atoms with Gasteiger partial charge in [-0.3, -0.25) is 9.89 Å². The molecule has 4 heterocycles. The molecule has 26 heavy (non-hydrogen) atoms. The summed E-state index contributed by atoms with van der Waals surface area (Å²) in [7, 11) is -3.65. The first-order chi connectivity index (χ1) is 12.6. The molecular formula is C16H16N4O3S3. The Morgan fingerprint density at radius 1 is 1.27 bits per heavy atom. The van der Waals surface area contributed by atoms with Gasteiger partial charge in [-0.05, 0) is 35.7 Å². The quantitative estimate of drug-likeness (QED) is 0.678. The Kier molecular flexibility index (Phi) is 4.65. The van der Waals surface area contributed by atoms with Crippen LogP contribution in [0.3, 0.4) is 0 Å². The second-order valence-corrected chi connectivity index (χ2v) is 9.85. The normalized spacial score (nSPS) is 18.2. The molecule has 1 unspecified atom stereocenters. The summed E-state index contributed by atoms with van der Waals surface area (Å²) >= 11 is 2.72. The van der Waals surface area contributed by atoms with E-state index in [2.05, 4.69) is 15.5 Å². The Bertz CT molecular complexity index is 994. The molecule has 0 aromatic carbocycles. The van der Waals surface area contributed by atoms with E-state index >= 15 is 0 Å². The molecule has 0 aliphatic carbocycles. The minimum Gasteiger partial charge on any atom is -0.308 e. The van der Waals surface area contributed by atoms with E-state index in [1.807, 2.05) is 17.5 Å². The van der Waals surface area contributed by atoms with Crippen LogP contribution in [0.15, 0.2) is 45.3 Å². The molecule has 0 saturated carbocycles. The number of thiophene rings is 2. The minimum atomic E-state index is -3.65. The maximum Gasteiger partial charge on any atom is 0.253 e. The number of H-pyrrole nitrogens is 1. The third-order valence-corrected chi connectivity index (χ3v) is 8.36. The maximum atomic E-state index is 12.8. The number of aromatic nitrogens is 2. The number of amides is 1. The SMILES string of the molecule is O=C(Nc1cc(-c2cccs2)[nH]n1)C1CCCN1S(=O)(=O)c1cccs1. The molecule has 2 N–H and O–H groups in total. The van der Waals surface area contributed by atoms with Gasteiger partial charge in [0.1, 0.15) is 10.3 Å². The summed E-state index contributed by atoms with van der Waals surface area (Å²) in [5.41, 5.74) is 0.810. The third kappa shape index (κ3) is 3.20. The molecule has 3 aromatic heterocycles.